The molecule has 1 aliphatic rings. The average Bonchev–Trinajstić information content (AvgIpc) is 2.72. The van der Waals surface area contributed by atoms with Gasteiger partial charge in [-0.2, -0.15) is 10.1 Å². The molecule has 144 valence electrons. The van der Waals surface area contributed by atoms with Gasteiger partial charge in [-0.3, -0.25) is 0 Å². The van der Waals surface area contributed by atoms with E-state index in [0.717, 1.165) is 25.2 Å². The topological polar surface area (TPSA) is 83.5 Å². The minimum Gasteiger partial charge on any atom is -0.450 e. The van der Waals surface area contributed by atoms with E-state index in [1.165, 1.54) is 5.56 Å². The van der Waals surface area contributed by atoms with Gasteiger partial charge >= 0.3 is 6.09 Å². The second-order valence-electron chi connectivity index (χ2n) is 6.33. The zero-order valence-corrected chi connectivity index (χ0v) is 15.7. The highest BCUT2D eigenvalue weighted by Crippen LogP contribution is 2.14. The molecule has 1 aromatic carbocycles. The molecule has 0 unspecified atom stereocenters. The standard InChI is InChI=1S/C19H26N6O2/c1-2-27-19(26)25-13-11-24(12-14-25)17-15-21-23-18(22-17)20-10-6-9-16-7-4-3-5-8-16/h3-5,7-8,15H,2,6,9-14H2,1H3,(H,20,22,23). The van der Waals surface area contributed by atoms with Crippen LogP contribution in [0.3, 0.4) is 0 Å². The number of carbonyl (C=O) groups excluding carboxylic acids is 1. The second kappa shape index (κ2) is 9.70. The van der Waals surface area contributed by atoms with E-state index in [1.54, 1.807) is 11.1 Å². The highest BCUT2D eigenvalue weighted by atomic mass is 16.6. The summed E-state index contributed by atoms with van der Waals surface area (Å²) in [5, 5.41) is 11.4. The minimum atomic E-state index is -0.251. The van der Waals surface area contributed by atoms with E-state index in [0.29, 0.717) is 38.7 Å². The number of carbonyl (C=O) groups is 1. The van der Waals surface area contributed by atoms with Crippen LogP contribution in [0.25, 0.3) is 0 Å². The van der Waals surface area contributed by atoms with Crippen LogP contribution in [0.4, 0.5) is 16.6 Å². The fraction of sp³-hybridized carbons (Fsp3) is 0.474. The van der Waals surface area contributed by atoms with Gasteiger partial charge in [0.05, 0.1) is 12.8 Å². The molecule has 1 aromatic heterocycles. The summed E-state index contributed by atoms with van der Waals surface area (Å²) in [5.41, 5.74) is 1.33. The molecule has 8 heteroatoms. The summed E-state index contributed by atoms with van der Waals surface area (Å²) in [5.74, 6) is 1.31. The summed E-state index contributed by atoms with van der Waals surface area (Å²) in [6.45, 7) is 5.63. The van der Waals surface area contributed by atoms with Gasteiger partial charge in [0.2, 0.25) is 5.95 Å². The molecule has 8 nitrogen and oxygen atoms in total. The number of ether oxygens (including phenoxy) is 1. The molecule has 27 heavy (non-hydrogen) atoms. The van der Waals surface area contributed by atoms with E-state index in [9.17, 15) is 4.79 Å². The number of benzene rings is 1. The molecule has 0 radical (unpaired) electrons. The molecule has 1 saturated heterocycles. The number of hydrogen-bond acceptors (Lipinski definition) is 7. The lowest BCUT2D eigenvalue weighted by atomic mass is 10.1. The van der Waals surface area contributed by atoms with Gasteiger partial charge in [-0.25, -0.2) is 4.79 Å². The number of aryl methyl sites for hydroxylation is 1. The van der Waals surface area contributed by atoms with Gasteiger partial charge in [0.25, 0.3) is 0 Å². The molecular formula is C19H26N6O2. The zero-order chi connectivity index (χ0) is 18.9. The van der Waals surface area contributed by atoms with Crippen LogP contribution < -0.4 is 10.2 Å². The van der Waals surface area contributed by atoms with Gasteiger partial charge in [-0.1, -0.05) is 30.3 Å². The Labute approximate surface area is 159 Å². The summed E-state index contributed by atoms with van der Waals surface area (Å²) in [7, 11) is 0. The fourth-order valence-corrected chi connectivity index (χ4v) is 2.99. The van der Waals surface area contributed by atoms with Crippen molar-refractivity contribution in [2.24, 2.45) is 0 Å². The number of hydrogen-bond donors (Lipinski definition) is 1. The third kappa shape index (κ3) is 5.54. The SMILES string of the molecule is CCOC(=O)N1CCN(c2cnnc(NCCCc3ccccc3)n2)CC1. The molecule has 0 spiro atoms. The molecule has 0 atom stereocenters. The van der Waals surface area contributed by atoms with Crippen LogP contribution in [-0.2, 0) is 11.2 Å². The largest absolute Gasteiger partial charge is 0.450 e. The predicted molar refractivity (Wildman–Crippen MR) is 104 cm³/mol. The fourth-order valence-electron chi connectivity index (χ4n) is 2.99. The normalized spacial score (nSPS) is 14.1. The van der Waals surface area contributed by atoms with Crippen molar-refractivity contribution in [2.45, 2.75) is 19.8 Å². The summed E-state index contributed by atoms with van der Waals surface area (Å²) >= 11 is 0. The van der Waals surface area contributed by atoms with Crippen molar-refractivity contribution < 1.29 is 9.53 Å². The molecule has 3 rings (SSSR count). The van der Waals surface area contributed by atoms with Crippen LogP contribution in [0.5, 0.6) is 0 Å². The first-order valence-electron chi connectivity index (χ1n) is 9.40. The lowest BCUT2D eigenvalue weighted by Gasteiger charge is -2.34. The first kappa shape index (κ1) is 18.9. The third-order valence-electron chi connectivity index (χ3n) is 4.44. The van der Waals surface area contributed by atoms with Crippen molar-refractivity contribution in [1.29, 1.82) is 0 Å². The molecule has 1 aliphatic heterocycles. The monoisotopic (exact) mass is 370 g/mol. The van der Waals surface area contributed by atoms with Crippen LogP contribution in [0.2, 0.25) is 0 Å². The van der Waals surface area contributed by atoms with Crippen molar-refractivity contribution in [3.63, 3.8) is 0 Å². The minimum absolute atomic E-state index is 0.251. The van der Waals surface area contributed by atoms with Gasteiger partial charge in [0.15, 0.2) is 5.82 Å². The van der Waals surface area contributed by atoms with Crippen molar-refractivity contribution in [2.75, 3.05) is 49.5 Å². The summed E-state index contributed by atoms with van der Waals surface area (Å²) in [4.78, 5) is 20.2. The number of rotatable bonds is 7. The Hall–Kier alpha value is -2.90. The lowest BCUT2D eigenvalue weighted by Crippen LogP contribution is -2.49. The number of piperazine rings is 1. The maximum absolute atomic E-state index is 11.8. The Morgan fingerprint density at radius 1 is 1.19 bits per heavy atom. The average molecular weight is 370 g/mol. The molecule has 0 saturated carbocycles. The zero-order valence-electron chi connectivity index (χ0n) is 15.7. The van der Waals surface area contributed by atoms with Crippen LogP contribution in [0.15, 0.2) is 36.5 Å². The van der Waals surface area contributed by atoms with Gasteiger partial charge in [0.1, 0.15) is 0 Å². The Bertz CT molecular complexity index is 719. The summed E-state index contributed by atoms with van der Waals surface area (Å²) in [6.07, 6.45) is 3.42. The molecule has 1 N–H and O–H groups in total. The third-order valence-corrected chi connectivity index (χ3v) is 4.44. The molecule has 2 heterocycles. The predicted octanol–water partition coefficient (Wildman–Crippen LogP) is 2.19. The number of anilines is 2. The van der Waals surface area contributed by atoms with Gasteiger partial charge in [0, 0.05) is 32.7 Å². The second-order valence-corrected chi connectivity index (χ2v) is 6.33. The van der Waals surface area contributed by atoms with E-state index in [1.807, 2.05) is 13.0 Å². The first-order valence-corrected chi connectivity index (χ1v) is 9.40. The maximum atomic E-state index is 11.8. The van der Waals surface area contributed by atoms with Crippen molar-refractivity contribution >= 4 is 17.9 Å². The van der Waals surface area contributed by atoms with Crippen LogP contribution in [0.1, 0.15) is 18.9 Å². The smallest absolute Gasteiger partial charge is 0.409 e. The van der Waals surface area contributed by atoms with Crippen molar-refractivity contribution in [3.05, 3.63) is 42.1 Å². The highest BCUT2D eigenvalue weighted by molar-refractivity contribution is 5.68. The molecule has 1 fully saturated rings. The van der Waals surface area contributed by atoms with Crippen LogP contribution in [0, 0.1) is 0 Å². The lowest BCUT2D eigenvalue weighted by molar-refractivity contribution is 0.105. The van der Waals surface area contributed by atoms with Gasteiger partial charge in [-0.05, 0) is 25.3 Å². The van der Waals surface area contributed by atoms with E-state index >= 15 is 0 Å². The van der Waals surface area contributed by atoms with Crippen LogP contribution in [-0.4, -0.2) is 65.5 Å². The molecule has 2 aromatic rings. The number of nitrogens with zero attached hydrogens (tertiary/aromatic N) is 5. The number of nitrogens with one attached hydrogen (secondary N) is 1. The van der Waals surface area contributed by atoms with E-state index in [-0.39, 0.29) is 6.09 Å². The Morgan fingerprint density at radius 3 is 2.70 bits per heavy atom. The van der Waals surface area contributed by atoms with Gasteiger partial charge in [-0.15, -0.1) is 5.10 Å². The van der Waals surface area contributed by atoms with Gasteiger partial charge < -0.3 is 19.9 Å². The number of aromatic nitrogens is 3. The quantitative estimate of drug-likeness (QED) is 0.748. The molecule has 0 bridgehead atoms. The van der Waals surface area contributed by atoms with E-state index in [2.05, 4.69) is 49.7 Å². The molecular weight excluding hydrogens is 344 g/mol. The Morgan fingerprint density at radius 2 is 1.96 bits per heavy atom. The highest BCUT2D eigenvalue weighted by Gasteiger charge is 2.23. The molecule has 1 amide bonds. The van der Waals surface area contributed by atoms with Crippen molar-refractivity contribution in [3.8, 4) is 0 Å². The molecule has 0 aliphatic carbocycles. The Kier molecular flexibility index (Phi) is 6.78. The van der Waals surface area contributed by atoms with E-state index < -0.39 is 0 Å². The summed E-state index contributed by atoms with van der Waals surface area (Å²) in [6, 6.07) is 10.4. The first-order chi connectivity index (χ1) is 13.3. The van der Waals surface area contributed by atoms with Crippen LogP contribution >= 0.6 is 0 Å². The van der Waals surface area contributed by atoms with Crippen molar-refractivity contribution in [1.82, 2.24) is 20.1 Å². The maximum Gasteiger partial charge on any atom is 0.409 e. The summed E-state index contributed by atoms with van der Waals surface area (Å²) < 4.78 is 5.05. The number of amides is 1. The Balaban J connectivity index is 1.45. The van der Waals surface area contributed by atoms with E-state index in [4.69, 9.17) is 4.74 Å².